The van der Waals surface area contributed by atoms with Gasteiger partial charge in [0.2, 0.25) is 5.91 Å². The van der Waals surface area contributed by atoms with E-state index in [4.69, 9.17) is 5.11 Å². The number of amides is 3. The van der Waals surface area contributed by atoms with Crippen molar-refractivity contribution in [2.45, 2.75) is 0 Å². The Labute approximate surface area is 101 Å². The molecule has 17 heavy (non-hydrogen) atoms. The highest BCUT2D eigenvalue weighted by molar-refractivity contribution is 5.95. The zero-order chi connectivity index (χ0) is 12.7. The van der Waals surface area contributed by atoms with Crippen LogP contribution in [0.2, 0.25) is 0 Å². The first-order valence-electron chi connectivity index (χ1n) is 5.73. The fourth-order valence-corrected chi connectivity index (χ4v) is 1.74. The van der Waals surface area contributed by atoms with E-state index in [1.54, 1.807) is 0 Å². The van der Waals surface area contributed by atoms with Gasteiger partial charge in [0.15, 0.2) is 0 Å². The molecule has 3 N–H and O–H groups in total. The van der Waals surface area contributed by atoms with E-state index in [1.807, 2.05) is 4.90 Å². The van der Waals surface area contributed by atoms with Crippen molar-refractivity contribution in [2.75, 3.05) is 52.9 Å². The van der Waals surface area contributed by atoms with Crippen molar-refractivity contribution in [3.05, 3.63) is 0 Å². The predicted molar refractivity (Wildman–Crippen MR) is 62.6 cm³/mol. The third kappa shape index (κ3) is 5.12. The van der Waals surface area contributed by atoms with Gasteiger partial charge in [-0.1, -0.05) is 0 Å². The Morgan fingerprint density at radius 1 is 1.18 bits per heavy atom. The van der Waals surface area contributed by atoms with E-state index in [1.165, 1.54) is 7.05 Å². The second-order valence-corrected chi connectivity index (χ2v) is 3.97. The van der Waals surface area contributed by atoms with E-state index in [9.17, 15) is 9.59 Å². The molecule has 0 unspecified atom stereocenters. The SMILES string of the molecule is CNC(=O)NC(=O)CN1CCN(CCO)CC1. The standard InChI is InChI=1S/C10H20N4O3/c1-11-10(17)12-9(16)8-14-4-2-13(3-5-14)6-7-15/h15H,2-8H2,1H3,(H2,11,12,16,17). The number of nitrogens with zero attached hydrogens (tertiary/aromatic N) is 2. The molecular formula is C10H20N4O3. The van der Waals surface area contributed by atoms with Crippen LogP contribution >= 0.6 is 0 Å². The van der Waals surface area contributed by atoms with Crippen LogP contribution in [0.25, 0.3) is 0 Å². The van der Waals surface area contributed by atoms with Crippen molar-refractivity contribution in [3.8, 4) is 0 Å². The van der Waals surface area contributed by atoms with Crippen LogP contribution in [0.1, 0.15) is 0 Å². The first kappa shape index (κ1) is 13.9. The van der Waals surface area contributed by atoms with Crippen molar-refractivity contribution in [2.24, 2.45) is 0 Å². The molecule has 1 fully saturated rings. The maximum atomic E-state index is 11.4. The van der Waals surface area contributed by atoms with E-state index in [0.717, 1.165) is 26.2 Å². The minimum Gasteiger partial charge on any atom is -0.395 e. The van der Waals surface area contributed by atoms with Gasteiger partial charge in [-0.3, -0.25) is 19.9 Å². The first-order valence-corrected chi connectivity index (χ1v) is 5.73. The quantitative estimate of drug-likeness (QED) is 0.535. The topological polar surface area (TPSA) is 84.9 Å². The number of nitrogens with one attached hydrogen (secondary N) is 2. The lowest BCUT2D eigenvalue weighted by molar-refractivity contribution is -0.121. The highest BCUT2D eigenvalue weighted by Gasteiger charge is 2.18. The van der Waals surface area contributed by atoms with E-state index >= 15 is 0 Å². The summed E-state index contributed by atoms with van der Waals surface area (Å²) in [6, 6.07) is -0.478. The molecule has 3 amide bonds. The lowest BCUT2D eigenvalue weighted by atomic mass is 10.3. The number of piperazine rings is 1. The lowest BCUT2D eigenvalue weighted by Gasteiger charge is -2.33. The molecule has 1 rings (SSSR count). The fraction of sp³-hybridized carbons (Fsp3) is 0.800. The number of carbonyl (C=O) groups is 2. The Morgan fingerprint density at radius 2 is 1.76 bits per heavy atom. The van der Waals surface area contributed by atoms with Crippen LogP contribution in [0.3, 0.4) is 0 Å². The fourth-order valence-electron chi connectivity index (χ4n) is 1.74. The van der Waals surface area contributed by atoms with Gasteiger partial charge in [-0.2, -0.15) is 0 Å². The van der Waals surface area contributed by atoms with Gasteiger partial charge < -0.3 is 10.4 Å². The van der Waals surface area contributed by atoms with Crippen LogP contribution in [0.5, 0.6) is 0 Å². The van der Waals surface area contributed by atoms with E-state index in [-0.39, 0.29) is 19.1 Å². The summed E-state index contributed by atoms with van der Waals surface area (Å²) < 4.78 is 0. The average Bonchev–Trinajstić information content (AvgIpc) is 2.31. The molecular weight excluding hydrogens is 224 g/mol. The van der Waals surface area contributed by atoms with Crippen LogP contribution in [0.4, 0.5) is 4.79 Å². The van der Waals surface area contributed by atoms with Gasteiger partial charge in [0, 0.05) is 39.8 Å². The first-order chi connectivity index (χ1) is 8.15. The molecule has 7 heteroatoms. The number of imide groups is 1. The van der Waals surface area contributed by atoms with Crippen molar-refractivity contribution < 1.29 is 14.7 Å². The van der Waals surface area contributed by atoms with Crippen molar-refractivity contribution in [3.63, 3.8) is 0 Å². The van der Waals surface area contributed by atoms with E-state index in [0.29, 0.717) is 6.54 Å². The number of hydrogen-bond donors (Lipinski definition) is 3. The normalized spacial score (nSPS) is 17.8. The smallest absolute Gasteiger partial charge is 0.321 e. The molecule has 1 heterocycles. The maximum absolute atomic E-state index is 11.4. The molecule has 1 aliphatic rings. The third-order valence-electron chi connectivity index (χ3n) is 2.73. The Balaban J connectivity index is 2.21. The monoisotopic (exact) mass is 244 g/mol. The summed E-state index contributed by atoms with van der Waals surface area (Å²) in [5, 5.41) is 13.4. The van der Waals surface area contributed by atoms with Gasteiger partial charge in [-0.05, 0) is 0 Å². The van der Waals surface area contributed by atoms with E-state index in [2.05, 4.69) is 15.5 Å². The van der Waals surface area contributed by atoms with Gasteiger partial charge in [-0.25, -0.2) is 4.79 Å². The number of hydrogen-bond acceptors (Lipinski definition) is 5. The summed E-state index contributed by atoms with van der Waals surface area (Å²) in [6.07, 6.45) is 0. The Kier molecular flexibility index (Phi) is 5.88. The summed E-state index contributed by atoms with van der Waals surface area (Å²) >= 11 is 0. The third-order valence-corrected chi connectivity index (χ3v) is 2.73. The largest absolute Gasteiger partial charge is 0.395 e. The Bertz CT molecular complexity index is 264. The molecule has 0 aliphatic carbocycles. The van der Waals surface area contributed by atoms with Crippen LogP contribution in [0, 0.1) is 0 Å². The summed E-state index contributed by atoms with van der Waals surface area (Å²) in [7, 11) is 1.47. The van der Waals surface area contributed by atoms with E-state index < -0.39 is 6.03 Å². The second kappa shape index (κ2) is 7.21. The van der Waals surface area contributed by atoms with Gasteiger partial charge in [0.25, 0.3) is 0 Å². The highest BCUT2D eigenvalue weighted by Crippen LogP contribution is 2.00. The van der Waals surface area contributed by atoms with Crippen LogP contribution in [-0.2, 0) is 4.79 Å². The van der Waals surface area contributed by atoms with Crippen LogP contribution in [0.15, 0.2) is 0 Å². The molecule has 0 spiro atoms. The van der Waals surface area contributed by atoms with Crippen molar-refractivity contribution in [1.29, 1.82) is 0 Å². The summed E-state index contributed by atoms with van der Waals surface area (Å²) in [6.45, 7) is 4.32. The van der Waals surface area contributed by atoms with Crippen molar-refractivity contribution in [1.82, 2.24) is 20.4 Å². The number of urea groups is 1. The molecule has 0 radical (unpaired) electrons. The minimum atomic E-state index is -0.478. The number of aliphatic hydroxyl groups excluding tert-OH is 1. The number of aliphatic hydroxyl groups is 1. The van der Waals surface area contributed by atoms with Crippen LogP contribution in [-0.4, -0.2) is 79.8 Å². The van der Waals surface area contributed by atoms with Gasteiger partial charge >= 0.3 is 6.03 Å². The van der Waals surface area contributed by atoms with Gasteiger partial charge in [-0.15, -0.1) is 0 Å². The lowest BCUT2D eigenvalue weighted by Crippen LogP contribution is -2.51. The Hall–Kier alpha value is -1.18. The summed E-state index contributed by atoms with van der Waals surface area (Å²) in [5.74, 6) is -0.292. The molecule has 98 valence electrons. The number of carbonyl (C=O) groups excluding carboxylic acids is 2. The predicted octanol–water partition coefficient (Wildman–Crippen LogP) is -1.95. The van der Waals surface area contributed by atoms with Crippen molar-refractivity contribution >= 4 is 11.9 Å². The summed E-state index contributed by atoms with van der Waals surface area (Å²) in [5.41, 5.74) is 0. The molecule has 1 saturated heterocycles. The minimum absolute atomic E-state index is 0.164. The summed E-state index contributed by atoms with van der Waals surface area (Å²) in [4.78, 5) is 26.5. The molecule has 0 aromatic carbocycles. The van der Waals surface area contributed by atoms with Gasteiger partial charge in [0.1, 0.15) is 0 Å². The molecule has 0 atom stereocenters. The number of rotatable bonds is 4. The van der Waals surface area contributed by atoms with Crippen LogP contribution < -0.4 is 10.6 Å². The number of β-amino-alcohol motifs (C(OH)–C–C–N with tert-alkyl or cyclic N) is 1. The molecule has 0 saturated carbocycles. The molecule has 0 bridgehead atoms. The highest BCUT2D eigenvalue weighted by atomic mass is 16.3. The Morgan fingerprint density at radius 3 is 2.29 bits per heavy atom. The average molecular weight is 244 g/mol. The maximum Gasteiger partial charge on any atom is 0.321 e. The molecule has 1 aliphatic heterocycles. The molecule has 0 aromatic rings. The van der Waals surface area contributed by atoms with Gasteiger partial charge in [0.05, 0.1) is 13.2 Å². The zero-order valence-electron chi connectivity index (χ0n) is 10.1. The molecule has 0 aromatic heterocycles. The molecule has 7 nitrogen and oxygen atoms in total. The second-order valence-electron chi connectivity index (χ2n) is 3.97. The zero-order valence-corrected chi connectivity index (χ0v) is 10.1.